The van der Waals surface area contributed by atoms with Crippen molar-refractivity contribution in [2.45, 2.75) is 52.7 Å². The third-order valence-electron chi connectivity index (χ3n) is 6.70. The fraction of sp³-hybridized carbons (Fsp3) is 0.333. The molecule has 0 saturated heterocycles. The molecule has 0 bridgehead atoms. The van der Waals surface area contributed by atoms with E-state index in [9.17, 15) is 0 Å². The molecule has 0 amide bonds. The first-order valence-electron chi connectivity index (χ1n) is 13.2. The average Bonchev–Trinajstić information content (AvgIpc) is 3.10. The van der Waals surface area contributed by atoms with Crippen molar-refractivity contribution in [3.63, 3.8) is 0 Å². The van der Waals surface area contributed by atoms with Crippen molar-refractivity contribution in [2.24, 2.45) is 5.92 Å². The van der Waals surface area contributed by atoms with Gasteiger partial charge in [-0.2, -0.15) is 0 Å². The minimum Gasteiger partial charge on any atom is -0.493 e. The van der Waals surface area contributed by atoms with Crippen molar-refractivity contribution in [3.05, 3.63) is 95.1 Å². The molecule has 0 saturated carbocycles. The van der Waals surface area contributed by atoms with Crippen molar-refractivity contribution in [1.29, 1.82) is 0 Å². The SMILES string of the molecule is CC(C)CCOc1ccc(C2=CCc3ccc4c(c3OC2)C=CC(C)(C)O4)c(OCc2ccccc2)c1. The van der Waals surface area contributed by atoms with Crippen LogP contribution in [0.5, 0.6) is 23.0 Å². The van der Waals surface area contributed by atoms with Gasteiger partial charge >= 0.3 is 0 Å². The lowest BCUT2D eigenvalue weighted by molar-refractivity contribution is 0.158. The summed E-state index contributed by atoms with van der Waals surface area (Å²) in [5.74, 6) is 3.99. The summed E-state index contributed by atoms with van der Waals surface area (Å²) < 4.78 is 25.0. The lowest BCUT2D eigenvalue weighted by atomic mass is 9.98. The Bertz CT molecular complexity index is 1300. The highest BCUT2D eigenvalue weighted by molar-refractivity contribution is 5.75. The fourth-order valence-electron chi connectivity index (χ4n) is 4.56. The first-order chi connectivity index (χ1) is 17.9. The molecule has 3 aromatic rings. The first-order valence-corrected chi connectivity index (χ1v) is 13.2. The Morgan fingerprint density at radius 2 is 1.81 bits per heavy atom. The second kappa shape index (κ2) is 10.8. The number of ether oxygens (including phenoxy) is 4. The molecule has 2 heterocycles. The van der Waals surface area contributed by atoms with E-state index in [0.29, 0.717) is 25.7 Å². The molecule has 0 atom stereocenters. The zero-order valence-corrected chi connectivity index (χ0v) is 22.3. The van der Waals surface area contributed by atoms with Gasteiger partial charge < -0.3 is 18.9 Å². The van der Waals surface area contributed by atoms with Crippen molar-refractivity contribution >= 4 is 11.6 Å². The maximum absolute atomic E-state index is 6.43. The Kier molecular flexibility index (Phi) is 7.27. The van der Waals surface area contributed by atoms with Crippen LogP contribution in [0.4, 0.5) is 0 Å². The normalized spacial score (nSPS) is 15.5. The van der Waals surface area contributed by atoms with Crippen LogP contribution in [0, 0.1) is 5.92 Å². The average molecular weight is 497 g/mol. The van der Waals surface area contributed by atoms with Crippen LogP contribution in [0.3, 0.4) is 0 Å². The largest absolute Gasteiger partial charge is 0.493 e. The highest BCUT2D eigenvalue weighted by Crippen LogP contribution is 2.42. The van der Waals surface area contributed by atoms with Gasteiger partial charge in [0.15, 0.2) is 0 Å². The molecule has 4 nitrogen and oxygen atoms in total. The summed E-state index contributed by atoms with van der Waals surface area (Å²) in [4.78, 5) is 0. The van der Waals surface area contributed by atoms with Gasteiger partial charge in [-0.05, 0) is 79.7 Å². The number of hydrogen-bond donors (Lipinski definition) is 0. The molecular formula is C33H36O4. The molecule has 5 rings (SSSR count). The Morgan fingerprint density at radius 3 is 2.62 bits per heavy atom. The Labute approximate surface area is 220 Å². The molecule has 0 unspecified atom stereocenters. The van der Waals surface area contributed by atoms with Gasteiger partial charge in [0.1, 0.15) is 41.8 Å². The van der Waals surface area contributed by atoms with Crippen LogP contribution in [0.1, 0.15) is 56.4 Å². The molecule has 4 heteroatoms. The quantitative estimate of drug-likeness (QED) is 0.318. The van der Waals surface area contributed by atoms with Gasteiger partial charge in [0.05, 0.1) is 12.2 Å². The maximum Gasteiger partial charge on any atom is 0.134 e. The van der Waals surface area contributed by atoms with Crippen molar-refractivity contribution < 1.29 is 18.9 Å². The van der Waals surface area contributed by atoms with E-state index in [4.69, 9.17) is 18.9 Å². The van der Waals surface area contributed by atoms with Crippen LogP contribution in [-0.2, 0) is 13.0 Å². The second-order valence-electron chi connectivity index (χ2n) is 10.7. The number of benzene rings is 3. The molecule has 0 N–H and O–H groups in total. The van der Waals surface area contributed by atoms with Crippen LogP contribution >= 0.6 is 0 Å². The Morgan fingerprint density at radius 1 is 0.973 bits per heavy atom. The van der Waals surface area contributed by atoms with Crippen LogP contribution in [0.15, 0.2) is 72.8 Å². The highest BCUT2D eigenvalue weighted by atomic mass is 16.5. The molecule has 0 fully saturated rings. The molecule has 0 aliphatic carbocycles. The Balaban J connectivity index is 1.40. The summed E-state index contributed by atoms with van der Waals surface area (Å²) in [6.45, 7) is 10.2. The second-order valence-corrected chi connectivity index (χ2v) is 10.7. The molecule has 0 radical (unpaired) electrons. The monoisotopic (exact) mass is 496 g/mol. The van der Waals surface area contributed by atoms with Crippen LogP contribution < -0.4 is 18.9 Å². The molecular weight excluding hydrogens is 460 g/mol. The number of fused-ring (bicyclic) bond motifs is 3. The molecule has 37 heavy (non-hydrogen) atoms. The summed E-state index contributed by atoms with van der Waals surface area (Å²) in [6.07, 6.45) is 8.25. The molecule has 192 valence electrons. The topological polar surface area (TPSA) is 36.9 Å². The van der Waals surface area contributed by atoms with E-state index in [1.165, 1.54) is 0 Å². The van der Waals surface area contributed by atoms with Crippen molar-refractivity contribution in [3.8, 4) is 23.0 Å². The number of rotatable bonds is 8. The summed E-state index contributed by atoms with van der Waals surface area (Å²) in [5, 5.41) is 0. The van der Waals surface area contributed by atoms with E-state index in [2.05, 4.69) is 76.3 Å². The number of allylic oxidation sites excluding steroid dienone is 1. The van der Waals surface area contributed by atoms with Gasteiger partial charge in [-0.1, -0.05) is 56.3 Å². The molecule has 2 aliphatic heterocycles. The van der Waals surface area contributed by atoms with Crippen molar-refractivity contribution in [2.75, 3.05) is 13.2 Å². The summed E-state index contributed by atoms with van der Waals surface area (Å²) in [7, 11) is 0. The lowest BCUT2D eigenvalue weighted by Gasteiger charge is -2.29. The lowest BCUT2D eigenvalue weighted by Crippen LogP contribution is -2.27. The zero-order valence-electron chi connectivity index (χ0n) is 22.3. The van der Waals surface area contributed by atoms with E-state index in [0.717, 1.165) is 63.7 Å². The van der Waals surface area contributed by atoms with Crippen LogP contribution in [0.25, 0.3) is 11.6 Å². The van der Waals surface area contributed by atoms with E-state index >= 15 is 0 Å². The van der Waals surface area contributed by atoms with Crippen LogP contribution in [-0.4, -0.2) is 18.8 Å². The van der Waals surface area contributed by atoms with E-state index in [1.807, 2.05) is 30.3 Å². The van der Waals surface area contributed by atoms with Gasteiger partial charge in [0.25, 0.3) is 0 Å². The van der Waals surface area contributed by atoms with Gasteiger partial charge in [-0.15, -0.1) is 0 Å². The Hall–Kier alpha value is -3.66. The predicted octanol–water partition coefficient (Wildman–Crippen LogP) is 7.89. The van der Waals surface area contributed by atoms with E-state index in [-0.39, 0.29) is 5.60 Å². The molecule has 3 aromatic carbocycles. The van der Waals surface area contributed by atoms with Gasteiger partial charge in [-0.25, -0.2) is 0 Å². The molecule has 0 spiro atoms. The predicted molar refractivity (Wildman–Crippen MR) is 150 cm³/mol. The zero-order chi connectivity index (χ0) is 25.8. The summed E-state index contributed by atoms with van der Waals surface area (Å²) in [6, 6.07) is 20.5. The third-order valence-corrected chi connectivity index (χ3v) is 6.70. The van der Waals surface area contributed by atoms with Gasteiger partial charge in [-0.3, -0.25) is 0 Å². The van der Waals surface area contributed by atoms with E-state index < -0.39 is 0 Å². The molecule has 2 aliphatic rings. The smallest absolute Gasteiger partial charge is 0.134 e. The highest BCUT2D eigenvalue weighted by Gasteiger charge is 2.26. The van der Waals surface area contributed by atoms with Crippen molar-refractivity contribution in [1.82, 2.24) is 0 Å². The standard InChI is InChI=1S/C33H36O4/c1-23(2)17-19-34-27-13-14-28(31(20-27)35-21-24-8-6-5-7-9-24)26-11-10-25-12-15-30-29(32(25)36-22-26)16-18-33(3,4)37-30/h5-9,11-16,18,20,23H,10,17,19,21-22H2,1-4H3. The summed E-state index contributed by atoms with van der Waals surface area (Å²) >= 11 is 0. The minimum atomic E-state index is -0.320. The van der Waals surface area contributed by atoms with Gasteiger partial charge in [0, 0.05) is 11.6 Å². The maximum atomic E-state index is 6.43. The first kappa shape index (κ1) is 25.0. The molecule has 0 aromatic heterocycles. The van der Waals surface area contributed by atoms with E-state index in [1.54, 1.807) is 0 Å². The third kappa shape index (κ3) is 6.02. The number of hydrogen-bond acceptors (Lipinski definition) is 4. The van der Waals surface area contributed by atoms with Crippen LogP contribution in [0.2, 0.25) is 0 Å². The minimum absolute atomic E-state index is 0.320. The fourth-order valence-corrected chi connectivity index (χ4v) is 4.56. The summed E-state index contributed by atoms with van der Waals surface area (Å²) in [5.41, 5.74) is 5.10. The van der Waals surface area contributed by atoms with Gasteiger partial charge in [0.2, 0.25) is 0 Å².